The normalized spacial score (nSPS) is 10.9. The minimum Gasteiger partial charge on any atom is -0.481 e. The number of aliphatic carboxylic acids is 1. The van der Waals surface area contributed by atoms with Gasteiger partial charge in [-0.15, -0.1) is 0 Å². The van der Waals surface area contributed by atoms with E-state index in [0.29, 0.717) is 0 Å². The number of hydrogen-bond donors (Lipinski definition) is 1. The molecule has 0 saturated heterocycles. The summed E-state index contributed by atoms with van der Waals surface area (Å²) < 4.78 is 26.5. The maximum atomic E-state index is 11.1. The summed E-state index contributed by atoms with van der Waals surface area (Å²) in [6, 6.07) is 0. The highest BCUT2D eigenvalue weighted by Crippen LogP contribution is 1.95. The molecule has 0 aliphatic rings. The Bertz CT molecular complexity index is 304. The smallest absolute Gasteiger partial charge is 0.321 e. The second-order valence-electron chi connectivity index (χ2n) is 2.54. The molecular weight excluding hydrogens is 212 g/mol. The van der Waals surface area contributed by atoms with Crippen LogP contribution in [0, 0.1) is 0 Å². The molecule has 0 amide bonds. The first-order valence-corrected chi connectivity index (χ1v) is 5.77. The van der Waals surface area contributed by atoms with Crippen LogP contribution in [0.25, 0.3) is 0 Å². The standard InChI is InChI=1S/C7H12O6S/c1-2-13-7(10)5-14(11,12)4-3-6(8)9/h2-5H2,1H3,(H,8,9). The molecule has 0 aromatic heterocycles. The molecule has 0 rings (SSSR count). The van der Waals surface area contributed by atoms with Gasteiger partial charge < -0.3 is 9.84 Å². The van der Waals surface area contributed by atoms with Crippen molar-refractivity contribution >= 4 is 21.8 Å². The van der Waals surface area contributed by atoms with Crippen molar-refractivity contribution < 1.29 is 27.9 Å². The number of carbonyl (C=O) groups excluding carboxylic acids is 1. The lowest BCUT2D eigenvalue weighted by Gasteiger charge is -2.02. The van der Waals surface area contributed by atoms with Crippen LogP contribution in [0.4, 0.5) is 0 Å². The van der Waals surface area contributed by atoms with E-state index < -0.39 is 39.7 Å². The Morgan fingerprint density at radius 3 is 2.36 bits per heavy atom. The second-order valence-corrected chi connectivity index (χ2v) is 4.72. The molecule has 7 heteroatoms. The van der Waals surface area contributed by atoms with Crippen molar-refractivity contribution in [3.8, 4) is 0 Å². The van der Waals surface area contributed by atoms with Gasteiger partial charge in [-0.25, -0.2) is 8.42 Å². The Morgan fingerprint density at radius 1 is 1.36 bits per heavy atom. The van der Waals surface area contributed by atoms with Crippen LogP contribution in [0.15, 0.2) is 0 Å². The van der Waals surface area contributed by atoms with E-state index in [1.54, 1.807) is 6.92 Å². The molecule has 0 bridgehead atoms. The minimum absolute atomic E-state index is 0.104. The lowest BCUT2D eigenvalue weighted by atomic mass is 10.5. The van der Waals surface area contributed by atoms with Gasteiger partial charge in [0.15, 0.2) is 9.84 Å². The van der Waals surface area contributed by atoms with Gasteiger partial charge in [-0.1, -0.05) is 0 Å². The highest BCUT2D eigenvalue weighted by molar-refractivity contribution is 7.92. The zero-order chi connectivity index (χ0) is 11.2. The Morgan fingerprint density at radius 2 is 1.93 bits per heavy atom. The summed E-state index contributed by atoms with van der Waals surface area (Å²) >= 11 is 0. The van der Waals surface area contributed by atoms with Crippen LogP contribution >= 0.6 is 0 Å². The summed E-state index contributed by atoms with van der Waals surface area (Å²) in [7, 11) is -3.65. The molecule has 1 N–H and O–H groups in total. The first kappa shape index (κ1) is 12.9. The molecule has 0 atom stereocenters. The summed E-state index contributed by atoms with van der Waals surface area (Å²) in [5.41, 5.74) is 0. The van der Waals surface area contributed by atoms with Gasteiger partial charge in [0.25, 0.3) is 0 Å². The van der Waals surface area contributed by atoms with Crippen molar-refractivity contribution in [2.45, 2.75) is 13.3 Å². The minimum atomic E-state index is -3.65. The number of sulfone groups is 1. The number of carboxylic acids is 1. The Hall–Kier alpha value is -1.11. The predicted molar refractivity (Wildman–Crippen MR) is 47.5 cm³/mol. The number of rotatable bonds is 6. The van der Waals surface area contributed by atoms with Gasteiger partial charge in [-0.05, 0) is 6.92 Å². The average Bonchev–Trinajstić information content (AvgIpc) is 2.00. The van der Waals surface area contributed by atoms with Crippen LogP contribution in [-0.4, -0.2) is 43.6 Å². The van der Waals surface area contributed by atoms with E-state index in [9.17, 15) is 18.0 Å². The van der Waals surface area contributed by atoms with Crippen LogP contribution in [0.1, 0.15) is 13.3 Å². The zero-order valence-electron chi connectivity index (χ0n) is 7.73. The van der Waals surface area contributed by atoms with Crippen molar-refractivity contribution in [2.75, 3.05) is 18.1 Å². The van der Waals surface area contributed by atoms with Gasteiger partial charge in [0.1, 0.15) is 5.75 Å². The Balaban J connectivity index is 4.08. The Labute approximate surface area is 81.8 Å². The molecule has 0 aliphatic carbocycles. The van der Waals surface area contributed by atoms with Gasteiger partial charge in [0, 0.05) is 0 Å². The van der Waals surface area contributed by atoms with Crippen molar-refractivity contribution in [3.63, 3.8) is 0 Å². The largest absolute Gasteiger partial charge is 0.481 e. The monoisotopic (exact) mass is 224 g/mol. The fourth-order valence-electron chi connectivity index (χ4n) is 0.697. The molecule has 0 aliphatic heterocycles. The van der Waals surface area contributed by atoms with E-state index >= 15 is 0 Å². The average molecular weight is 224 g/mol. The van der Waals surface area contributed by atoms with Crippen molar-refractivity contribution in [2.24, 2.45) is 0 Å². The van der Waals surface area contributed by atoms with E-state index in [-0.39, 0.29) is 6.61 Å². The molecular formula is C7H12O6S. The molecule has 0 aromatic rings. The molecule has 6 nitrogen and oxygen atoms in total. The van der Waals surface area contributed by atoms with Gasteiger partial charge in [0.05, 0.1) is 18.8 Å². The number of hydrogen-bond acceptors (Lipinski definition) is 5. The topological polar surface area (TPSA) is 97.7 Å². The summed E-state index contributed by atoms with van der Waals surface area (Å²) in [4.78, 5) is 20.8. The van der Waals surface area contributed by atoms with Crippen LogP contribution in [0.3, 0.4) is 0 Å². The van der Waals surface area contributed by atoms with E-state index in [1.165, 1.54) is 0 Å². The van der Waals surface area contributed by atoms with Gasteiger partial charge >= 0.3 is 11.9 Å². The van der Waals surface area contributed by atoms with E-state index in [2.05, 4.69) is 4.74 Å². The van der Waals surface area contributed by atoms with E-state index in [4.69, 9.17) is 5.11 Å². The SMILES string of the molecule is CCOC(=O)CS(=O)(=O)CCC(=O)O. The third-order valence-electron chi connectivity index (χ3n) is 1.27. The van der Waals surface area contributed by atoms with E-state index in [1.807, 2.05) is 0 Å². The maximum absolute atomic E-state index is 11.1. The van der Waals surface area contributed by atoms with Gasteiger partial charge in [-0.2, -0.15) is 0 Å². The van der Waals surface area contributed by atoms with E-state index in [0.717, 1.165) is 0 Å². The van der Waals surface area contributed by atoms with Gasteiger partial charge in [0.2, 0.25) is 0 Å². The molecule has 0 unspecified atom stereocenters. The van der Waals surface area contributed by atoms with Crippen molar-refractivity contribution in [1.82, 2.24) is 0 Å². The van der Waals surface area contributed by atoms with Crippen LogP contribution in [0.2, 0.25) is 0 Å². The highest BCUT2D eigenvalue weighted by Gasteiger charge is 2.18. The molecule has 0 radical (unpaired) electrons. The lowest BCUT2D eigenvalue weighted by Crippen LogP contribution is -2.22. The highest BCUT2D eigenvalue weighted by atomic mass is 32.2. The molecule has 0 heterocycles. The molecule has 0 fully saturated rings. The molecule has 14 heavy (non-hydrogen) atoms. The number of carboxylic acid groups (broad SMARTS) is 1. The number of ether oxygens (including phenoxy) is 1. The summed E-state index contributed by atoms with van der Waals surface area (Å²) in [6.07, 6.45) is -0.498. The van der Waals surface area contributed by atoms with Crippen molar-refractivity contribution in [1.29, 1.82) is 0 Å². The van der Waals surface area contributed by atoms with Gasteiger partial charge in [-0.3, -0.25) is 9.59 Å². The van der Waals surface area contributed by atoms with Crippen LogP contribution in [-0.2, 0) is 24.2 Å². The van der Waals surface area contributed by atoms with Crippen LogP contribution in [0.5, 0.6) is 0 Å². The molecule has 0 spiro atoms. The second kappa shape index (κ2) is 5.58. The zero-order valence-corrected chi connectivity index (χ0v) is 8.54. The summed E-state index contributed by atoms with van der Waals surface area (Å²) in [5.74, 6) is -3.36. The third kappa shape index (κ3) is 6.41. The van der Waals surface area contributed by atoms with Crippen LogP contribution < -0.4 is 0 Å². The third-order valence-corrected chi connectivity index (χ3v) is 2.77. The molecule has 82 valence electrons. The fraction of sp³-hybridized carbons (Fsp3) is 0.714. The summed E-state index contributed by atoms with van der Waals surface area (Å²) in [6.45, 7) is 1.66. The lowest BCUT2D eigenvalue weighted by molar-refractivity contribution is -0.140. The summed E-state index contributed by atoms with van der Waals surface area (Å²) in [5, 5.41) is 8.23. The maximum Gasteiger partial charge on any atom is 0.321 e. The fourth-order valence-corrected chi connectivity index (χ4v) is 1.77. The quantitative estimate of drug-likeness (QED) is 0.607. The number of esters is 1. The molecule has 0 saturated carbocycles. The predicted octanol–water partition coefficient (Wildman–Crippen LogP) is -0.561. The Kier molecular flexibility index (Phi) is 5.14. The number of carbonyl (C=O) groups is 2. The molecule has 0 aromatic carbocycles. The first-order chi connectivity index (χ1) is 6.37. The first-order valence-electron chi connectivity index (χ1n) is 3.95. The van der Waals surface area contributed by atoms with Crippen molar-refractivity contribution in [3.05, 3.63) is 0 Å².